The van der Waals surface area contributed by atoms with Gasteiger partial charge in [-0.05, 0) is 37.0 Å². The van der Waals surface area contributed by atoms with Gasteiger partial charge in [0.25, 0.3) is 0 Å². The van der Waals surface area contributed by atoms with Gasteiger partial charge >= 0.3 is 0 Å². The number of rotatable bonds is 7. The second-order valence-corrected chi connectivity index (χ2v) is 7.38. The molecule has 0 aromatic heterocycles. The first-order valence-electron chi connectivity index (χ1n) is 6.13. The summed E-state index contributed by atoms with van der Waals surface area (Å²) in [5, 5.41) is 0.710. The van der Waals surface area contributed by atoms with Crippen LogP contribution in [0.2, 0.25) is 5.02 Å². The zero-order valence-electron chi connectivity index (χ0n) is 10.6. The Bertz CT molecular complexity index is 456. The molecular weight excluding hydrogens is 270 g/mol. The van der Waals surface area contributed by atoms with E-state index in [0.29, 0.717) is 11.4 Å². The average Bonchev–Trinajstić information content (AvgIpc) is 2.32. The molecule has 0 aliphatic heterocycles. The van der Waals surface area contributed by atoms with Crippen LogP contribution in [0.15, 0.2) is 24.3 Å². The van der Waals surface area contributed by atoms with Crippen LogP contribution in [0.3, 0.4) is 0 Å². The summed E-state index contributed by atoms with van der Waals surface area (Å²) < 4.78 is 22.6. The van der Waals surface area contributed by atoms with E-state index in [9.17, 15) is 8.42 Å². The lowest BCUT2D eigenvalue weighted by Gasteiger charge is -2.11. The average molecular weight is 290 g/mol. The zero-order valence-corrected chi connectivity index (χ0v) is 12.2. The lowest BCUT2D eigenvalue weighted by molar-refractivity contribution is 0.574. The molecule has 1 aromatic carbocycles. The van der Waals surface area contributed by atoms with Crippen molar-refractivity contribution in [2.75, 3.05) is 11.5 Å². The Hall–Kier alpha value is -0.580. The van der Waals surface area contributed by atoms with Crippen molar-refractivity contribution in [3.8, 4) is 0 Å². The molecule has 1 rings (SSSR count). The first-order valence-corrected chi connectivity index (χ1v) is 8.33. The highest BCUT2D eigenvalue weighted by Crippen LogP contribution is 2.12. The Kier molecular flexibility index (Phi) is 6.12. The number of halogens is 1. The van der Waals surface area contributed by atoms with E-state index in [2.05, 4.69) is 0 Å². The topological polar surface area (TPSA) is 60.2 Å². The van der Waals surface area contributed by atoms with Crippen LogP contribution in [-0.4, -0.2) is 26.0 Å². The van der Waals surface area contributed by atoms with Gasteiger partial charge < -0.3 is 5.73 Å². The molecule has 0 heterocycles. The highest BCUT2D eigenvalue weighted by molar-refractivity contribution is 7.91. The summed E-state index contributed by atoms with van der Waals surface area (Å²) in [6, 6.07) is 7.57. The summed E-state index contributed by atoms with van der Waals surface area (Å²) in [6.45, 7) is 1.67. The van der Waals surface area contributed by atoms with Crippen molar-refractivity contribution in [3.05, 3.63) is 34.9 Å². The molecule has 1 unspecified atom stereocenters. The standard InChI is InChI=1S/C13H20ClNO2S/c1-2-18(16,17)9-3-4-13(15)10-11-5-7-12(14)8-6-11/h5-8,13H,2-4,9-10,15H2,1H3. The van der Waals surface area contributed by atoms with E-state index >= 15 is 0 Å². The van der Waals surface area contributed by atoms with Crippen molar-refractivity contribution in [3.63, 3.8) is 0 Å². The van der Waals surface area contributed by atoms with E-state index in [1.165, 1.54) is 0 Å². The first-order chi connectivity index (χ1) is 8.43. The van der Waals surface area contributed by atoms with Gasteiger partial charge in [-0.15, -0.1) is 0 Å². The van der Waals surface area contributed by atoms with Crippen LogP contribution in [0, 0.1) is 0 Å². The summed E-state index contributed by atoms with van der Waals surface area (Å²) >= 11 is 5.80. The predicted octanol–water partition coefficient (Wildman–Crippen LogP) is 2.42. The molecule has 0 amide bonds. The molecule has 0 fully saturated rings. The molecule has 0 saturated heterocycles. The number of benzene rings is 1. The van der Waals surface area contributed by atoms with Crippen molar-refractivity contribution in [2.45, 2.75) is 32.2 Å². The molecular formula is C13H20ClNO2S. The van der Waals surface area contributed by atoms with Gasteiger partial charge in [0.1, 0.15) is 9.84 Å². The van der Waals surface area contributed by atoms with Gasteiger partial charge in [0.2, 0.25) is 0 Å². The molecule has 102 valence electrons. The first kappa shape index (κ1) is 15.5. The zero-order chi connectivity index (χ0) is 13.6. The van der Waals surface area contributed by atoms with Gasteiger partial charge in [-0.3, -0.25) is 0 Å². The number of nitrogens with two attached hydrogens (primary N) is 1. The lowest BCUT2D eigenvalue weighted by Crippen LogP contribution is -2.24. The Labute approximate surface area is 114 Å². The predicted molar refractivity (Wildman–Crippen MR) is 76.7 cm³/mol. The Balaban J connectivity index is 2.34. The summed E-state index contributed by atoms with van der Waals surface area (Å²) in [5.41, 5.74) is 7.12. The van der Waals surface area contributed by atoms with Crippen LogP contribution in [0.5, 0.6) is 0 Å². The van der Waals surface area contributed by atoms with E-state index in [-0.39, 0.29) is 17.5 Å². The quantitative estimate of drug-likeness (QED) is 0.838. The summed E-state index contributed by atoms with van der Waals surface area (Å²) in [7, 11) is -2.87. The molecule has 2 N–H and O–H groups in total. The SMILES string of the molecule is CCS(=O)(=O)CCCC(N)Cc1ccc(Cl)cc1. The summed E-state index contributed by atoms with van der Waals surface area (Å²) in [6.07, 6.45) is 2.11. The van der Waals surface area contributed by atoms with Crippen molar-refractivity contribution in [1.82, 2.24) is 0 Å². The minimum absolute atomic E-state index is 0.00164. The van der Waals surface area contributed by atoms with Crippen molar-refractivity contribution >= 4 is 21.4 Å². The van der Waals surface area contributed by atoms with Crippen LogP contribution in [0.4, 0.5) is 0 Å². The van der Waals surface area contributed by atoms with Gasteiger partial charge in [0.15, 0.2) is 0 Å². The minimum Gasteiger partial charge on any atom is -0.327 e. The van der Waals surface area contributed by atoms with Crippen molar-refractivity contribution in [2.24, 2.45) is 5.73 Å². The number of hydrogen-bond acceptors (Lipinski definition) is 3. The highest BCUT2D eigenvalue weighted by atomic mass is 35.5. The smallest absolute Gasteiger partial charge is 0.150 e. The fourth-order valence-electron chi connectivity index (χ4n) is 1.74. The molecule has 1 aromatic rings. The monoisotopic (exact) mass is 289 g/mol. The third kappa shape index (κ3) is 5.85. The molecule has 0 bridgehead atoms. The Morgan fingerprint density at radius 1 is 1.28 bits per heavy atom. The van der Waals surface area contributed by atoms with Gasteiger partial charge in [0, 0.05) is 16.8 Å². The maximum Gasteiger partial charge on any atom is 0.150 e. The summed E-state index contributed by atoms with van der Waals surface area (Å²) in [5.74, 6) is 0.442. The minimum atomic E-state index is -2.87. The van der Waals surface area contributed by atoms with E-state index in [1.807, 2.05) is 24.3 Å². The third-order valence-corrected chi connectivity index (χ3v) is 4.92. The van der Waals surface area contributed by atoms with Gasteiger partial charge in [-0.2, -0.15) is 0 Å². The molecule has 0 aliphatic carbocycles. The fourth-order valence-corrected chi connectivity index (χ4v) is 2.76. The van der Waals surface area contributed by atoms with E-state index in [4.69, 9.17) is 17.3 Å². The maximum absolute atomic E-state index is 11.3. The van der Waals surface area contributed by atoms with E-state index < -0.39 is 9.84 Å². The second kappa shape index (κ2) is 7.12. The molecule has 5 heteroatoms. The molecule has 1 atom stereocenters. The maximum atomic E-state index is 11.3. The largest absolute Gasteiger partial charge is 0.327 e. The highest BCUT2D eigenvalue weighted by Gasteiger charge is 2.09. The number of sulfone groups is 1. The second-order valence-electron chi connectivity index (χ2n) is 4.47. The fraction of sp³-hybridized carbons (Fsp3) is 0.538. The summed E-state index contributed by atoms with van der Waals surface area (Å²) in [4.78, 5) is 0. The van der Waals surface area contributed by atoms with E-state index in [1.54, 1.807) is 6.92 Å². The van der Waals surface area contributed by atoms with Gasteiger partial charge in [0.05, 0.1) is 5.75 Å². The van der Waals surface area contributed by atoms with Crippen LogP contribution in [0.1, 0.15) is 25.3 Å². The molecule has 0 aliphatic rings. The van der Waals surface area contributed by atoms with Crippen molar-refractivity contribution < 1.29 is 8.42 Å². The molecule has 3 nitrogen and oxygen atoms in total. The van der Waals surface area contributed by atoms with Crippen LogP contribution in [-0.2, 0) is 16.3 Å². The molecule has 0 saturated carbocycles. The molecule has 18 heavy (non-hydrogen) atoms. The Morgan fingerprint density at radius 3 is 2.44 bits per heavy atom. The van der Waals surface area contributed by atoms with E-state index in [0.717, 1.165) is 18.4 Å². The molecule has 0 radical (unpaired) electrons. The van der Waals surface area contributed by atoms with Gasteiger partial charge in [-0.25, -0.2) is 8.42 Å². The third-order valence-electron chi connectivity index (χ3n) is 2.88. The normalized spacial score (nSPS) is 13.5. The van der Waals surface area contributed by atoms with Crippen molar-refractivity contribution in [1.29, 1.82) is 0 Å². The lowest BCUT2D eigenvalue weighted by atomic mass is 10.0. The van der Waals surface area contributed by atoms with Crippen LogP contribution in [0.25, 0.3) is 0 Å². The Morgan fingerprint density at radius 2 is 1.89 bits per heavy atom. The molecule has 0 spiro atoms. The van der Waals surface area contributed by atoms with Crippen LogP contribution >= 0.6 is 11.6 Å². The van der Waals surface area contributed by atoms with Crippen LogP contribution < -0.4 is 5.73 Å². The van der Waals surface area contributed by atoms with Gasteiger partial charge in [-0.1, -0.05) is 30.7 Å². The number of hydrogen-bond donors (Lipinski definition) is 1.